The fourth-order valence-electron chi connectivity index (χ4n) is 1.82. The van der Waals surface area contributed by atoms with Crippen molar-refractivity contribution >= 4 is 44.5 Å². The van der Waals surface area contributed by atoms with Gasteiger partial charge in [0.05, 0.1) is 5.56 Å². The lowest BCUT2D eigenvalue weighted by molar-refractivity contribution is 0.0517. The number of thioether (sulfide) groups is 1. The van der Waals surface area contributed by atoms with Gasteiger partial charge in [0.15, 0.2) is 5.04 Å². The quantitative estimate of drug-likeness (QED) is 0.601. The number of rotatable bonds is 2. The molecule has 0 bridgehead atoms. The maximum atomic E-state index is 12.0. The molecule has 0 saturated carbocycles. The molecule has 1 heterocycles. The lowest BCUT2D eigenvalue weighted by Gasteiger charge is -1.99. The molecule has 0 spiro atoms. The van der Waals surface area contributed by atoms with Crippen molar-refractivity contribution in [2.24, 2.45) is 5.16 Å². The summed E-state index contributed by atoms with van der Waals surface area (Å²) in [4.78, 5) is 29.6. The molecule has 0 fully saturated rings. The van der Waals surface area contributed by atoms with Gasteiger partial charge in [-0.2, -0.15) is 0 Å². The normalized spacial score (nSPS) is 15.1. The van der Waals surface area contributed by atoms with E-state index in [1.807, 2.05) is 12.1 Å². The van der Waals surface area contributed by atoms with Gasteiger partial charge in [0, 0.05) is 14.9 Å². The van der Waals surface area contributed by atoms with Crippen LogP contribution >= 0.6 is 27.7 Å². The fourth-order valence-corrected chi connectivity index (χ4v) is 3.12. The Hall–Kier alpha value is -1.92. The SMILES string of the molecule is O=C(O/N=C1\Sc2ccccc2C1=O)c1cccc(Br)c1. The molecule has 0 amide bonds. The Morgan fingerprint density at radius 2 is 1.95 bits per heavy atom. The van der Waals surface area contributed by atoms with Crippen molar-refractivity contribution in [3.63, 3.8) is 0 Å². The molecule has 0 aromatic heterocycles. The molecule has 104 valence electrons. The molecule has 2 aromatic rings. The first kappa shape index (κ1) is 14.0. The minimum Gasteiger partial charge on any atom is -0.312 e. The number of fused-ring (bicyclic) bond motifs is 1. The highest BCUT2D eigenvalue weighted by Crippen LogP contribution is 2.33. The number of ketones is 1. The summed E-state index contributed by atoms with van der Waals surface area (Å²) in [5, 5.41) is 3.86. The summed E-state index contributed by atoms with van der Waals surface area (Å²) in [7, 11) is 0. The van der Waals surface area contributed by atoms with Crippen molar-refractivity contribution in [3.8, 4) is 0 Å². The lowest BCUT2D eigenvalue weighted by atomic mass is 10.1. The number of benzene rings is 2. The molecule has 21 heavy (non-hydrogen) atoms. The minimum absolute atomic E-state index is 0.166. The average molecular weight is 362 g/mol. The molecule has 3 rings (SSSR count). The number of carbonyl (C=O) groups excluding carboxylic acids is 2. The van der Waals surface area contributed by atoms with Gasteiger partial charge in [0.25, 0.3) is 0 Å². The van der Waals surface area contributed by atoms with Crippen LogP contribution in [0.5, 0.6) is 0 Å². The van der Waals surface area contributed by atoms with Crippen LogP contribution in [0.15, 0.2) is 63.1 Å². The van der Waals surface area contributed by atoms with Gasteiger partial charge in [-0.1, -0.05) is 51.0 Å². The van der Waals surface area contributed by atoms with E-state index in [9.17, 15) is 9.59 Å². The van der Waals surface area contributed by atoms with Crippen molar-refractivity contribution in [1.29, 1.82) is 0 Å². The molecule has 1 aliphatic rings. The fraction of sp³-hybridized carbons (Fsp3) is 0. The van der Waals surface area contributed by atoms with Crippen LogP contribution in [0, 0.1) is 0 Å². The predicted octanol–water partition coefficient (Wildman–Crippen LogP) is 3.91. The number of hydrogen-bond acceptors (Lipinski definition) is 5. The Morgan fingerprint density at radius 3 is 2.71 bits per heavy atom. The number of carbonyl (C=O) groups is 2. The van der Waals surface area contributed by atoms with Gasteiger partial charge in [0.1, 0.15) is 0 Å². The third-order valence-electron chi connectivity index (χ3n) is 2.80. The topological polar surface area (TPSA) is 55.7 Å². The third kappa shape index (κ3) is 2.91. The van der Waals surface area contributed by atoms with Crippen LogP contribution in [-0.2, 0) is 4.84 Å². The number of halogens is 1. The van der Waals surface area contributed by atoms with Crippen molar-refractivity contribution in [2.45, 2.75) is 4.90 Å². The smallest absolute Gasteiger partial charge is 0.312 e. The Morgan fingerprint density at radius 1 is 1.14 bits per heavy atom. The van der Waals surface area contributed by atoms with Crippen molar-refractivity contribution < 1.29 is 14.4 Å². The number of hydrogen-bond donors (Lipinski definition) is 0. The van der Waals surface area contributed by atoms with Gasteiger partial charge in [-0.05, 0) is 30.3 Å². The van der Waals surface area contributed by atoms with Crippen LogP contribution in [0.3, 0.4) is 0 Å². The Bertz CT molecular complexity index is 773. The Labute approximate surface area is 133 Å². The standard InChI is InChI=1S/C15H8BrNO3S/c16-10-5-3-4-9(8-10)15(19)20-17-14-13(18)11-6-1-2-7-12(11)21-14/h1-8H/b17-14-. The predicted molar refractivity (Wildman–Crippen MR) is 83.6 cm³/mol. The van der Waals surface area contributed by atoms with E-state index < -0.39 is 5.97 Å². The molecule has 2 aromatic carbocycles. The summed E-state index contributed by atoms with van der Waals surface area (Å²) in [6.45, 7) is 0. The second-order valence-electron chi connectivity index (χ2n) is 4.21. The molecule has 0 aliphatic carbocycles. The maximum Gasteiger partial charge on any atom is 0.365 e. The molecular formula is C15H8BrNO3S. The van der Waals surface area contributed by atoms with Crippen molar-refractivity contribution in [2.75, 3.05) is 0 Å². The zero-order valence-corrected chi connectivity index (χ0v) is 13.0. The second-order valence-corrected chi connectivity index (χ2v) is 6.16. The van der Waals surface area contributed by atoms with Gasteiger partial charge >= 0.3 is 5.97 Å². The monoisotopic (exact) mass is 361 g/mol. The summed E-state index contributed by atoms with van der Waals surface area (Å²) >= 11 is 4.47. The first-order valence-electron chi connectivity index (χ1n) is 6.01. The summed E-state index contributed by atoms with van der Waals surface area (Å²) in [6.07, 6.45) is 0. The highest BCUT2D eigenvalue weighted by Gasteiger charge is 2.28. The molecule has 1 aliphatic heterocycles. The summed E-state index contributed by atoms with van der Waals surface area (Å²) in [6, 6.07) is 13.9. The molecular weight excluding hydrogens is 354 g/mol. The van der Waals surface area contributed by atoms with E-state index in [-0.39, 0.29) is 10.8 Å². The van der Waals surface area contributed by atoms with E-state index in [2.05, 4.69) is 21.1 Å². The first-order chi connectivity index (χ1) is 10.1. The number of Topliss-reactive ketones (excluding diaryl/α,β-unsaturated/α-hetero) is 1. The third-order valence-corrected chi connectivity index (χ3v) is 4.33. The van der Waals surface area contributed by atoms with Gasteiger partial charge in [0.2, 0.25) is 5.78 Å². The number of oxime groups is 1. The van der Waals surface area contributed by atoms with Crippen LogP contribution in [0.1, 0.15) is 20.7 Å². The zero-order valence-electron chi connectivity index (χ0n) is 10.6. The highest BCUT2D eigenvalue weighted by atomic mass is 79.9. The van der Waals surface area contributed by atoms with E-state index >= 15 is 0 Å². The van der Waals surface area contributed by atoms with Crippen LogP contribution < -0.4 is 0 Å². The Kier molecular flexibility index (Phi) is 3.90. The largest absolute Gasteiger partial charge is 0.365 e. The van der Waals surface area contributed by atoms with Crippen LogP contribution in [0.4, 0.5) is 0 Å². The van der Waals surface area contributed by atoms with E-state index in [0.717, 1.165) is 9.37 Å². The molecule has 0 saturated heterocycles. The van der Waals surface area contributed by atoms with Crippen molar-refractivity contribution in [1.82, 2.24) is 0 Å². The Balaban J connectivity index is 1.76. The second kappa shape index (κ2) is 5.83. The molecule has 4 nitrogen and oxygen atoms in total. The maximum absolute atomic E-state index is 12.0. The minimum atomic E-state index is -0.604. The lowest BCUT2D eigenvalue weighted by Crippen LogP contribution is -2.07. The molecule has 0 N–H and O–H groups in total. The molecule has 0 unspecified atom stereocenters. The summed E-state index contributed by atoms with van der Waals surface area (Å²) in [5.41, 5.74) is 0.946. The highest BCUT2D eigenvalue weighted by molar-refractivity contribution is 9.10. The van der Waals surface area contributed by atoms with Crippen LogP contribution in [0.25, 0.3) is 0 Å². The zero-order chi connectivity index (χ0) is 14.8. The molecule has 6 heteroatoms. The van der Waals surface area contributed by atoms with Crippen LogP contribution in [0.2, 0.25) is 0 Å². The van der Waals surface area contributed by atoms with Crippen LogP contribution in [-0.4, -0.2) is 16.8 Å². The summed E-state index contributed by atoms with van der Waals surface area (Å²) in [5.74, 6) is -0.828. The van der Waals surface area contributed by atoms with E-state index in [1.54, 1.807) is 36.4 Å². The van der Waals surface area contributed by atoms with Gasteiger partial charge in [-0.15, -0.1) is 0 Å². The summed E-state index contributed by atoms with van der Waals surface area (Å²) < 4.78 is 0.767. The molecule has 0 radical (unpaired) electrons. The van der Waals surface area contributed by atoms with Gasteiger partial charge in [-0.3, -0.25) is 4.79 Å². The van der Waals surface area contributed by atoms with E-state index in [1.165, 1.54) is 11.8 Å². The van der Waals surface area contributed by atoms with Crippen molar-refractivity contribution in [3.05, 3.63) is 64.1 Å². The van der Waals surface area contributed by atoms with E-state index in [4.69, 9.17) is 4.84 Å². The first-order valence-corrected chi connectivity index (χ1v) is 7.62. The number of nitrogens with zero attached hydrogens (tertiary/aromatic N) is 1. The average Bonchev–Trinajstić information content (AvgIpc) is 2.82. The molecule has 0 atom stereocenters. The van der Waals surface area contributed by atoms with Gasteiger partial charge < -0.3 is 4.84 Å². The van der Waals surface area contributed by atoms with Gasteiger partial charge in [-0.25, -0.2) is 4.79 Å². The van der Waals surface area contributed by atoms with E-state index in [0.29, 0.717) is 11.1 Å².